The zero-order valence-corrected chi connectivity index (χ0v) is 13.6. The Balaban J connectivity index is 1.67. The van der Waals surface area contributed by atoms with Gasteiger partial charge in [-0.05, 0) is 56.9 Å². The topological polar surface area (TPSA) is 24.5 Å². The minimum Gasteiger partial charge on any atom is -0.373 e. The summed E-state index contributed by atoms with van der Waals surface area (Å²) >= 11 is 0. The molecule has 0 bridgehead atoms. The van der Waals surface area contributed by atoms with E-state index < -0.39 is 0 Å². The van der Waals surface area contributed by atoms with Gasteiger partial charge >= 0.3 is 0 Å². The van der Waals surface area contributed by atoms with Crippen molar-refractivity contribution in [2.75, 3.05) is 33.2 Å². The van der Waals surface area contributed by atoms with E-state index in [1.807, 2.05) is 0 Å². The quantitative estimate of drug-likeness (QED) is 0.745. The molecule has 118 valence electrons. The number of hydrogen-bond acceptors (Lipinski definition) is 3. The fraction of sp³-hybridized carbons (Fsp3) is 0.667. The van der Waals surface area contributed by atoms with E-state index in [1.165, 1.54) is 17.5 Å². The molecule has 2 rings (SSSR count). The molecule has 1 fully saturated rings. The summed E-state index contributed by atoms with van der Waals surface area (Å²) in [5.74, 6) is 0. The third-order valence-corrected chi connectivity index (χ3v) is 4.19. The Morgan fingerprint density at radius 2 is 1.76 bits per heavy atom. The van der Waals surface area contributed by atoms with E-state index in [-0.39, 0.29) is 0 Å². The fourth-order valence-corrected chi connectivity index (χ4v) is 2.70. The molecule has 1 heterocycles. The molecule has 0 amide bonds. The van der Waals surface area contributed by atoms with Gasteiger partial charge in [0.25, 0.3) is 0 Å². The van der Waals surface area contributed by atoms with E-state index in [9.17, 15) is 0 Å². The second-order valence-electron chi connectivity index (χ2n) is 6.13. The lowest BCUT2D eigenvalue weighted by Crippen LogP contribution is -2.34. The molecule has 0 aliphatic carbocycles. The molecule has 1 N–H and O–H groups in total. The van der Waals surface area contributed by atoms with Gasteiger partial charge in [-0.15, -0.1) is 0 Å². The van der Waals surface area contributed by atoms with Crippen LogP contribution in [0.1, 0.15) is 37.3 Å². The molecule has 1 aliphatic heterocycles. The van der Waals surface area contributed by atoms with Gasteiger partial charge in [0, 0.05) is 13.1 Å². The van der Waals surface area contributed by atoms with Gasteiger partial charge in [-0.2, -0.15) is 0 Å². The maximum absolute atomic E-state index is 6.03. The first kappa shape index (κ1) is 16.5. The molecule has 0 saturated carbocycles. The van der Waals surface area contributed by atoms with E-state index in [2.05, 4.69) is 48.5 Å². The zero-order valence-electron chi connectivity index (χ0n) is 13.6. The van der Waals surface area contributed by atoms with E-state index in [1.54, 1.807) is 0 Å². The van der Waals surface area contributed by atoms with Crippen LogP contribution in [-0.4, -0.2) is 44.2 Å². The molecular weight excluding hydrogens is 260 g/mol. The largest absolute Gasteiger partial charge is 0.373 e. The van der Waals surface area contributed by atoms with Crippen molar-refractivity contribution in [3.63, 3.8) is 0 Å². The molecule has 1 saturated heterocycles. The number of piperidine rings is 1. The average Bonchev–Trinajstić information content (AvgIpc) is 2.52. The van der Waals surface area contributed by atoms with Crippen molar-refractivity contribution in [2.45, 2.75) is 45.3 Å². The second kappa shape index (κ2) is 9.19. The lowest BCUT2D eigenvalue weighted by molar-refractivity contribution is 0.00213. The molecule has 0 aromatic heterocycles. The maximum Gasteiger partial charge on any atom is 0.0720 e. The summed E-state index contributed by atoms with van der Waals surface area (Å²) in [7, 11) is 2.18. The number of likely N-dealkylation sites (tertiary alicyclic amines) is 1. The minimum absolute atomic E-state index is 0.444. The van der Waals surface area contributed by atoms with Crippen LogP contribution in [0.3, 0.4) is 0 Å². The fourth-order valence-electron chi connectivity index (χ4n) is 2.70. The highest BCUT2D eigenvalue weighted by atomic mass is 16.5. The molecule has 0 spiro atoms. The predicted molar refractivity (Wildman–Crippen MR) is 88.6 cm³/mol. The van der Waals surface area contributed by atoms with Crippen molar-refractivity contribution in [3.8, 4) is 0 Å². The van der Waals surface area contributed by atoms with Crippen molar-refractivity contribution < 1.29 is 4.74 Å². The van der Waals surface area contributed by atoms with Crippen LogP contribution in [0.2, 0.25) is 0 Å². The van der Waals surface area contributed by atoms with E-state index in [0.717, 1.165) is 52.0 Å². The van der Waals surface area contributed by atoms with Crippen molar-refractivity contribution in [3.05, 3.63) is 35.4 Å². The van der Waals surface area contributed by atoms with Gasteiger partial charge < -0.3 is 15.0 Å². The summed E-state index contributed by atoms with van der Waals surface area (Å²) in [6.07, 6.45) is 5.08. The van der Waals surface area contributed by atoms with E-state index in [4.69, 9.17) is 4.74 Å². The average molecular weight is 290 g/mol. The highest BCUT2D eigenvalue weighted by Gasteiger charge is 2.16. The molecule has 0 radical (unpaired) electrons. The van der Waals surface area contributed by atoms with Crippen LogP contribution in [0.4, 0.5) is 0 Å². The van der Waals surface area contributed by atoms with Crippen molar-refractivity contribution in [1.82, 2.24) is 10.2 Å². The predicted octanol–water partition coefficient (Wildman–Crippen LogP) is 2.84. The van der Waals surface area contributed by atoms with Crippen LogP contribution < -0.4 is 5.32 Å². The number of rotatable bonds is 8. The highest BCUT2D eigenvalue weighted by molar-refractivity contribution is 5.22. The normalized spacial score (nSPS) is 17.2. The van der Waals surface area contributed by atoms with Crippen LogP contribution in [0.15, 0.2) is 24.3 Å². The van der Waals surface area contributed by atoms with Gasteiger partial charge in [-0.25, -0.2) is 0 Å². The molecule has 0 atom stereocenters. The number of hydrogen-bond donors (Lipinski definition) is 1. The van der Waals surface area contributed by atoms with Crippen LogP contribution in [0.5, 0.6) is 0 Å². The molecule has 1 aromatic rings. The minimum atomic E-state index is 0.444. The lowest BCUT2D eigenvalue weighted by Gasteiger charge is -2.28. The van der Waals surface area contributed by atoms with E-state index >= 15 is 0 Å². The summed E-state index contributed by atoms with van der Waals surface area (Å²) in [6.45, 7) is 7.46. The Bertz CT molecular complexity index is 383. The molecular formula is C18H30N2O. The molecule has 1 aromatic carbocycles. The smallest absolute Gasteiger partial charge is 0.0720 e. The summed E-state index contributed by atoms with van der Waals surface area (Å²) in [4.78, 5) is 2.38. The first-order chi connectivity index (χ1) is 10.3. The monoisotopic (exact) mass is 290 g/mol. The number of nitrogens with zero attached hydrogens (tertiary/aromatic N) is 1. The SMILES string of the molecule is CCCNCCc1ccc(COC2CCN(C)CC2)cc1. The highest BCUT2D eigenvalue weighted by Crippen LogP contribution is 2.15. The number of ether oxygens (including phenoxy) is 1. The zero-order chi connectivity index (χ0) is 14.9. The molecule has 21 heavy (non-hydrogen) atoms. The van der Waals surface area contributed by atoms with Crippen molar-refractivity contribution in [2.24, 2.45) is 0 Å². The van der Waals surface area contributed by atoms with Gasteiger partial charge in [-0.1, -0.05) is 31.2 Å². The summed E-state index contributed by atoms with van der Waals surface area (Å²) < 4.78 is 6.03. The second-order valence-corrected chi connectivity index (χ2v) is 6.13. The third kappa shape index (κ3) is 6.16. The summed E-state index contributed by atoms with van der Waals surface area (Å²) in [5, 5.41) is 3.44. The van der Waals surface area contributed by atoms with Gasteiger partial charge in [0.15, 0.2) is 0 Å². The first-order valence-electron chi connectivity index (χ1n) is 8.36. The van der Waals surface area contributed by atoms with Crippen molar-refractivity contribution >= 4 is 0 Å². The number of nitrogens with one attached hydrogen (secondary N) is 1. The van der Waals surface area contributed by atoms with E-state index in [0.29, 0.717) is 6.10 Å². The molecule has 3 nitrogen and oxygen atoms in total. The molecule has 3 heteroatoms. The Labute approximate surface area is 129 Å². The lowest BCUT2D eigenvalue weighted by atomic mass is 10.1. The third-order valence-electron chi connectivity index (χ3n) is 4.19. The molecule has 1 aliphatic rings. The summed E-state index contributed by atoms with van der Waals surface area (Å²) in [6, 6.07) is 8.90. The Kier molecular flexibility index (Phi) is 7.20. The van der Waals surface area contributed by atoms with Crippen LogP contribution in [0.25, 0.3) is 0 Å². The standard InChI is InChI=1S/C18H30N2O/c1-3-11-19-12-8-16-4-6-17(7-5-16)15-21-18-9-13-20(2)14-10-18/h4-7,18-19H,3,8-15H2,1-2H3. The van der Waals surface area contributed by atoms with Gasteiger partial charge in [0.2, 0.25) is 0 Å². The summed E-state index contributed by atoms with van der Waals surface area (Å²) in [5.41, 5.74) is 2.70. The van der Waals surface area contributed by atoms with Crippen LogP contribution >= 0.6 is 0 Å². The van der Waals surface area contributed by atoms with Crippen molar-refractivity contribution in [1.29, 1.82) is 0 Å². The van der Waals surface area contributed by atoms with Gasteiger partial charge in [0.1, 0.15) is 0 Å². The Hall–Kier alpha value is -0.900. The first-order valence-corrected chi connectivity index (χ1v) is 8.36. The van der Waals surface area contributed by atoms with Crippen LogP contribution in [-0.2, 0) is 17.8 Å². The van der Waals surface area contributed by atoms with Gasteiger partial charge in [0.05, 0.1) is 12.7 Å². The number of benzene rings is 1. The Morgan fingerprint density at radius 1 is 1.10 bits per heavy atom. The molecule has 0 unspecified atom stereocenters. The Morgan fingerprint density at radius 3 is 2.43 bits per heavy atom. The van der Waals surface area contributed by atoms with Crippen LogP contribution in [0, 0.1) is 0 Å². The van der Waals surface area contributed by atoms with Gasteiger partial charge in [-0.3, -0.25) is 0 Å². The maximum atomic E-state index is 6.03.